The molecule has 0 heterocycles. The third-order valence-corrected chi connectivity index (χ3v) is 10.0. The minimum atomic E-state index is -1.41. The highest BCUT2D eigenvalue weighted by molar-refractivity contribution is 5.95. The fraction of sp³-hybridized carbons (Fsp3) is 0.575. The normalized spacial score (nSPS) is 15.2. The van der Waals surface area contributed by atoms with Crippen LogP contribution in [0.4, 0.5) is 0 Å². The van der Waals surface area contributed by atoms with Gasteiger partial charge in [-0.1, -0.05) is 84.6 Å². The second-order valence-electron chi connectivity index (χ2n) is 14.5. The van der Waals surface area contributed by atoms with Crippen molar-refractivity contribution in [3.05, 3.63) is 59.7 Å². The van der Waals surface area contributed by atoms with Gasteiger partial charge in [0.05, 0.1) is 0 Å². The quantitative estimate of drug-likeness (QED) is 0.0875. The van der Waals surface area contributed by atoms with Crippen LogP contribution in [0.3, 0.4) is 0 Å². The average Bonchev–Trinajstić information content (AvgIpc) is 3.14. The Morgan fingerprint density at radius 1 is 0.741 bits per heavy atom. The maximum atomic E-state index is 14.5. The molecule has 0 aliphatic rings. The first-order valence-electron chi connectivity index (χ1n) is 18.7. The number of hydrogen-bond donors (Lipinski definition) is 7. The van der Waals surface area contributed by atoms with E-state index in [1.54, 1.807) is 52.1 Å². The molecule has 0 aromatic heterocycles. The van der Waals surface area contributed by atoms with Crippen LogP contribution in [0.2, 0.25) is 0 Å². The van der Waals surface area contributed by atoms with E-state index in [-0.39, 0.29) is 24.3 Å². The largest absolute Gasteiger partial charge is 0.508 e. The lowest BCUT2D eigenvalue weighted by atomic mass is 9.93. The van der Waals surface area contributed by atoms with E-state index >= 15 is 0 Å². The zero-order chi connectivity index (χ0) is 40.7. The molecule has 2 aromatic carbocycles. The number of carboxylic acid groups (broad SMARTS) is 1. The Morgan fingerprint density at radius 3 is 1.74 bits per heavy atom. The summed E-state index contributed by atoms with van der Waals surface area (Å²) in [5.74, 6) is -4.71. The van der Waals surface area contributed by atoms with E-state index in [1.807, 2.05) is 6.92 Å². The number of likely N-dealkylation sites (N-methyl/N-ethyl adjacent to an activating group) is 3. The molecule has 54 heavy (non-hydrogen) atoms. The van der Waals surface area contributed by atoms with E-state index in [0.717, 1.165) is 19.3 Å². The van der Waals surface area contributed by atoms with Crippen LogP contribution in [0.25, 0.3) is 0 Å². The number of aromatic hydroxyl groups is 2. The molecular formula is C40H61N5O9. The van der Waals surface area contributed by atoms with E-state index in [1.165, 1.54) is 48.2 Å². The first kappa shape index (κ1) is 45.5. The van der Waals surface area contributed by atoms with Crippen LogP contribution < -0.4 is 16.0 Å². The summed E-state index contributed by atoms with van der Waals surface area (Å²) in [6.45, 7) is 9.22. The first-order valence-corrected chi connectivity index (χ1v) is 18.7. The SMILES string of the molecule is CCCCCC(NC)C(O)C(=O)N[C@H](C(=O)N(C)[C@H](C(=O)N(C)[C@@H](Cc1ccc(O)cc1)C(=O)N[C@@H](Cc1ccc(O)cc1)C(=O)O)C(C)CC)C(C)C. The van der Waals surface area contributed by atoms with Gasteiger partial charge in [-0.2, -0.15) is 0 Å². The summed E-state index contributed by atoms with van der Waals surface area (Å²) in [5, 5.41) is 48.7. The van der Waals surface area contributed by atoms with E-state index in [0.29, 0.717) is 24.0 Å². The molecule has 0 fully saturated rings. The number of amides is 4. The number of phenolic OH excluding ortho intramolecular Hbond substituents is 2. The molecule has 4 amide bonds. The Balaban J connectivity index is 2.44. The Kier molecular flexibility index (Phi) is 18.4. The maximum absolute atomic E-state index is 14.5. The molecule has 0 radical (unpaired) electrons. The van der Waals surface area contributed by atoms with Gasteiger partial charge in [0.15, 0.2) is 0 Å². The van der Waals surface area contributed by atoms with Crippen molar-refractivity contribution in [2.45, 2.75) is 116 Å². The van der Waals surface area contributed by atoms with Gasteiger partial charge in [0, 0.05) is 33.0 Å². The third-order valence-electron chi connectivity index (χ3n) is 10.0. The zero-order valence-corrected chi connectivity index (χ0v) is 32.9. The number of carboxylic acids is 1. The van der Waals surface area contributed by atoms with Crippen LogP contribution in [0.15, 0.2) is 48.5 Å². The van der Waals surface area contributed by atoms with E-state index in [9.17, 15) is 44.4 Å². The Bertz CT molecular complexity index is 1520. The Morgan fingerprint density at radius 2 is 1.28 bits per heavy atom. The Labute approximate surface area is 319 Å². The van der Waals surface area contributed by atoms with E-state index < -0.39 is 77.7 Å². The molecule has 0 saturated carbocycles. The second kappa shape index (κ2) is 21.9. The minimum absolute atomic E-state index is 0.00159. The predicted octanol–water partition coefficient (Wildman–Crippen LogP) is 2.82. The maximum Gasteiger partial charge on any atom is 0.326 e. The lowest BCUT2D eigenvalue weighted by molar-refractivity contribution is -0.152. The highest BCUT2D eigenvalue weighted by Crippen LogP contribution is 2.22. The van der Waals surface area contributed by atoms with Crippen molar-refractivity contribution >= 4 is 29.6 Å². The molecule has 2 aromatic rings. The number of carbonyl (C=O) groups is 5. The number of phenols is 2. The number of benzene rings is 2. The monoisotopic (exact) mass is 755 g/mol. The summed E-state index contributed by atoms with van der Waals surface area (Å²) in [7, 11) is 4.56. The van der Waals surface area contributed by atoms with Crippen LogP contribution in [0, 0.1) is 11.8 Å². The molecule has 14 nitrogen and oxygen atoms in total. The molecule has 7 atom stereocenters. The summed E-state index contributed by atoms with van der Waals surface area (Å²) in [5.41, 5.74) is 1.13. The molecular weight excluding hydrogens is 694 g/mol. The lowest BCUT2D eigenvalue weighted by Crippen LogP contribution is -2.61. The van der Waals surface area contributed by atoms with Crippen molar-refractivity contribution in [2.24, 2.45) is 11.8 Å². The van der Waals surface area contributed by atoms with Gasteiger partial charge in [-0.25, -0.2) is 4.79 Å². The van der Waals surface area contributed by atoms with Gasteiger partial charge in [0.25, 0.3) is 5.91 Å². The van der Waals surface area contributed by atoms with Crippen LogP contribution in [-0.4, -0.2) is 117 Å². The number of nitrogens with one attached hydrogen (secondary N) is 3. The van der Waals surface area contributed by atoms with Crippen molar-refractivity contribution < 1.29 is 44.4 Å². The number of aliphatic hydroxyl groups is 1. The Hall–Kier alpha value is -4.69. The summed E-state index contributed by atoms with van der Waals surface area (Å²) in [6, 6.07) is 6.68. The van der Waals surface area contributed by atoms with Crippen molar-refractivity contribution in [3.63, 3.8) is 0 Å². The third kappa shape index (κ3) is 13.0. The number of aliphatic carboxylic acids is 1. The first-order chi connectivity index (χ1) is 25.5. The molecule has 300 valence electrons. The number of aliphatic hydroxyl groups excluding tert-OH is 1. The smallest absolute Gasteiger partial charge is 0.326 e. The van der Waals surface area contributed by atoms with Crippen molar-refractivity contribution in [3.8, 4) is 11.5 Å². The summed E-state index contributed by atoms with van der Waals surface area (Å²) in [6.07, 6.45) is 2.23. The van der Waals surface area contributed by atoms with Gasteiger partial charge in [0.1, 0.15) is 41.8 Å². The number of unbranched alkanes of at least 4 members (excludes halogenated alkanes) is 2. The van der Waals surface area contributed by atoms with Crippen molar-refractivity contribution in [1.29, 1.82) is 0 Å². The van der Waals surface area contributed by atoms with Crippen LogP contribution in [0.5, 0.6) is 11.5 Å². The topological polar surface area (TPSA) is 209 Å². The minimum Gasteiger partial charge on any atom is -0.508 e. The highest BCUT2D eigenvalue weighted by atomic mass is 16.4. The van der Waals surface area contributed by atoms with E-state index in [2.05, 4.69) is 22.9 Å². The predicted molar refractivity (Wildman–Crippen MR) is 206 cm³/mol. The van der Waals surface area contributed by atoms with Gasteiger partial charge in [0.2, 0.25) is 17.7 Å². The molecule has 0 spiro atoms. The van der Waals surface area contributed by atoms with E-state index in [4.69, 9.17) is 0 Å². The van der Waals surface area contributed by atoms with Gasteiger partial charge in [-0.3, -0.25) is 19.2 Å². The molecule has 0 aliphatic carbocycles. The van der Waals surface area contributed by atoms with Gasteiger partial charge >= 0.3 is 5.97 Å². The van der Waals surface area contributed by atoms with Crippen LogP contribution in [0.1, 0.15) is 77.8 Å². The van der Waals surface area contributed by atoms with Gasteiger partial charge in [-0.05, 0) is 60.7 Å². The number of nitrogens with zero attached hydrogens (tertiary/aromatic N) is 2. The summed E-state index contributed by atoms with van der Waals surface area (Å²) < 4.78 is 0. The fourth-order valence-corrected chi connectivity index (χ4v) is 6.34. The fourth-order valence-electron chi connectivity index (χ4n) is 6.34. The molecule has 2 rings (SSSR count). The number of rotatable bonds is 22. The summed E-state index contributed by atoms with van der Waals surface area (Å²) >= 11 is 0. The summed E-state index contributed by atoms with van der Waals surface area (Å²) in [4.78, 5) is 70.8. The number of carbonyl (C=O) groups excluding carboxylic acids is 4. The zero-order valence-electron chi connectivity index (χ0n) is 32.9. The molecule has 0 aliphatic heterocycles. The van der Waals surface area contributed by atoms with Gasteiger partial charge in [-0.15, -0.1) is 0 Å². The molecule has 0 bridgehead atoms. The average molecular weight is 756 g/mol. The second-order valence-corrected chi connectivity index (χ2v) is 14.5. The van der Waals surface area contributed by atoms with Gasteiger partial charge < -0.3 is 46.2 Å². The van der Waals surface area contributed by atoms with Crippen molar-refractivity contribution in [2.75, 3.05) is 21.1 Å². The standard InChI is InChI=1S/C40H61N5O9/c1-9-11-12-13-30(41-6)35(48)37(50)43-33(24(3)4)38(51)45(8)34(25(5)10-2)39(52)44(7)32(23-27-16-20-29(47)21-17-27)36(49)42-31(40(53)54)22-26-14-18-28(46)19-15-26/h14-21,24-25,30-35,41,46-48H,9-13,22-23H2,1-8H3,(H,42,49)(H,43,50)(H,53,54)/t25?,30?,31-,32-,33-,34-,35?/m0/s1. The van der Waals surface area contributed by atoms with Crippen LogP contribution in [-0.2, 0) is 36.8 Å². The molecule has 0 saturated heterocycles. The highest BCUT2D eigenvalue weighted by Gasteiger charge is 2.41. The van der Waals surface area contributed by atoms with Crippen LogP contribution >= 0.6 is 0 Å². The molecule has 3 unspecified atom stereocenters. The lowest BCUT2D eigenvalue weighted by Gasteiger charge is -2.39. The van der Waals surface area contributed by atoms with Crippen molar-refractivity contribution in [1.82, 2.24) is 25.8 Å². The molecule has 14 heteroatoms. The molecule has 7 N–H and O–H groups in total. The number of hydrogen-bond acceptors (Lipinski definition) is 9.